The third kappa shape index (κ3) is 3.83. The van der Waals surface area contributed by atoms with Crippen LogP contribution in [0.2, 0.25) is 0 Å². The minimum absolute atomic E-state index is 0.284. The van der Waals surface area contributed by atoms with E-state index in [1.54, 1.807) is 11.0 Å². The highest BCUT2D eigenvalue weighted by atomic mass is 16.2. The Hall–Kier alpha value is -2.17. The maximum absolute atomic E-state index is 12.7. The number of carbonyl (C=O) groups excluding carboxylic acids is 1. The van der Waals surface area contributed by atoms with Crippen molar-refractivity contribution >= 4 is 5.91 Å². The van der Waals surface area contributed by atoms with Gasteiger partial charge in [0.15, 0.2) is 0 Å². The molecule has 128 valence electrons. The molecule has 0 N–H and O–H groups in total. The average molecular weight is 326 g/mol. The van der Waals surface area contributed by atoms with Gasteiger partial charge in [0.05, 0.1) is 0 Å². The van der Waals surface area contributed by atoms with Gasteiger partial charge in [-0.3, -0.25) is 9.48 Å². The Morgan fingerprint density at radius 1 is 1.33 bits per heavy atom. The zero-order valence-corrected chi connectivity index (χ0v) is 14.3. The third-order valence-electron chi connectivity index (χ3n) is 5.00. The summed E-state index contributed by atoms with van der Waals surface area (Å²) in [5, 5.41) is 4.09. The van der Waals surface area contributed by atoms with Gasteiger partial charge in [0.25, 0.3) is 0 Å². The minimum atomic E-state index is 0.284. The molecule has 1 aromatic heterocycles. The smallest absolute Gasteiger partial charge is 0.222 e. The number of hydrogen-bond donors (Lipinski definition) is 0. The molecular formula is C19H26N4O. The van der Waals surface area contributed by atoms with Crippen LogP contribution in [0.3, 0.4) is 0 Å². The Labute approximate surface area is 143 Å². The van der Waals surface area contributed by atoms with Gasteiger partial charge in [-0.05, 0) is 31.2 Å². The van der Waals surface area contributed by atoms with Gasteiger partial charge in [-0.2, -0.15) is 5.10 Å². The first kappa shape index (κ1) is 16.7. The van der Waals surface area contributed by atoms with E-state index in [1.165, 1.54) is 11.9 Å². The third-order valence-corrected chi connectivity index (χ3v) is 5.00. The van der Waals surface area contributed by atoms with E-state index in [0.717, 1.165) is 38.8 Å². The molecule has 1 aliphatic rings. The van der Waals surface area contributed by atoms with Crippen LogP contribution in [-0.2, 0) is 11.3 Å². The summed E-state index contributed by atoms with van der Waals surface area (Å²) in [5.74, 6) is 0.722. The van der Waals surface area contributed by atoms with Crippen LogP contribution in [0.15, 0.2) is 43.0 Å². The van der Waals surface area contributed by atoms with Crippen molar-refractivity contribution < 1.29 is 4.79 Å². The lowest BCUT2D eigenvalue weighted by Gasteiger charge is -2.31. The summed E-state index contributed by atoms with van der Waals surface area (Å²) in [6.07, 6.45) is 7.92. The Balaban J connectivity index is 1.60. The molecule has 0 radical (unpaired) electrons. The van der Waals surface area contributed by atoms with Gasteiger partial charge in [-0.1, -0.05) is 37.3 Å². The number of likely N-dealkylation sites (tertiary alicyclic amines) is 1. The fourth-order valence-corrected chi connectivity index (χ4v) is 3.83. The molecule has 0 bridgehead atoms. The van der Waals surface area contributed by atoms with Crippen LogP contribution in [0.4, 0.5) is 0 Å². The molecule has 2 aromatic rings. The maximum Gasteiger partial charge on any atom is 0.222 e. The van der Waals surface area contributed by atoms with Gasteiger partial charge in [-0.15, -0.1) is 0 Å². The van der Waals surface area contributed by atoms with Crippen LogP contribution in [0.25, 0.3) is 0 Å². The van der Waals surface area contributed by atoms with Gasteiger partial charge < -0.3 is 4.90 Å². The fourth-order valence-electron chi connectivity index (χ4n) is 3.83. The van der Waals surface area contributed by atoms with Crippen LogP contribution in [0.1, 0.15) is 50.5 Å². The van der Waals surface area contributed by atoms with Crippen molar-refractivity contribution in [2.45, 2.75) is 57.5 Å². The van der Waals surface area contributed by atoms with Crippen LogP contribution in [0, 0.1) is 0 Å². The van der Waals surface area contributed by atoms with E-state index in [0.29, 0.717) is 18.4 Å². The van der Waals surface area contributed by atoms with Crippen LogP contribution in [-0.4, -0.2) is 38.2 Å². The van der Waals surface area contributed by atoms with E-state index in [2.05, 4.69) is 52.2 Å². The molecule has 5 heteroatoms. The van der Waals surface area contributed by atoms with Crippen molar-refractivity contribution in [1.82, 2.24) is 19.7 Å². The van der Waals surface area contributed by atoms with Crippen molar-refractivity contribution in [1.29, 1.82) is 0 Å². The second-order valence-corrected chi connectivity index (χ2v) is 6.48. The molecule has 1 fully saturated rings. The molecule has 1 aliphatic heterocycles. The summed E-state index contributed by atoms with van der Waals surface area (Å²) in [6.45, 7) is 3.87. The molecule has 0 aliphatic carbocycles. The number of benzene rings is 1. The number of amides is 1. The first-order valence-corrected chi connectivity index (χ1v) is 8.96. The molecule has 0 saturated carbocycles. The Kier molecular flexibility index (Phi) is 5.62. The molecule has 0 spiro atoms. The summed E-state index contributed by atoms with van der Waals surface area (Å²) < 4.78 is 1.79. The Morgan fingerprint density at radius 2 is 2.17 bits per heavy atom. The first-order valence-electron chi connectivity index (χ1n) is 8.96. The molecular weight excluding hydrogens is 300 g/mol. The van der Waals surface area contributed by atoms with Crippen molar-refractivity contribution in [3.63, 3.8) is 0 Å². The van der Waals surface area contributed by atoms with Crippen LogP contribution >= 0.6 is 0 Å². The average Bonchev–Trinajstić information content (AvgIpc) is 3.28. The second kappa shape index (κ2) is 8.08. The summed E-state index contributed by atoms with van der Waals surface area (Å²) in [7, 11) is 0. The standard InChI is InChI=1S/C19H26N4O/c1-2-17(16-8-4-3-5-9-16)18-10-6-13-23(18)19(24)11-7-12-22-15-20-14-21-22/h3-5,8-9,14-15,17-18H,2,6-7,10-13H2,1H3/t17-,18+/m1/s1. The highest BCUT2D eigenvalue weighted by molar-refractivity contribution is 5.77. The highest BCUT2D eigenvalue weighted by Crippen LogP contribution is 2.34. The molecule has 1 aromatic carbocycles. The summed E-state index contributed by atoms with van der Waals surface area (Å²) >= 11 is 0. The van der Waals surface area contributed by atoms with Crippen molar-refractivity contribution in [3.8, 4) is 0 Å². The van der Waals surface area contributed by atoms with Gasteiger partial charge in [0, 0.05) is 31.5 Å². The lowest BCUT2D eigenvalue weighted by Crippen LogP contribution is -2.39. The molecule has 24 heavy (non-hydrogen) atoms. The zero-order chi connectivity index (χ0) is 16.8. The molecule has 2 heterocycles. The first-order chi connectivity index (χ1) is 11.8. The SMILES string of the molecule is CC[C@H](c1ccccc1)[C@@H]1CCCN1C(=O)CCCn1cncn1. The molecule has 0 unspecified atom stereocenters. The molecule has 5 nitrogen and oxygen atoms in total. The molecule has 1 saturated heterocycles. The number of aryl methyl sites for hydroxylation is 1. The topological polar surface area (TPSA) is 51.0 Å². The predicted molar refractivity (Wildman–Crippen MR) is 93.5 cm³/mol. The Bertz CT molecular complexity index is 626. The van der Waals surface area contributed by atoms with E-state index in [-0.39, 0.29) is 5.91 Å². The predicted octanol–water partition coefficient (Wildman–Crippen LogP) is 3.24. The minimum Gasteiger partial charge on any atom is -0.339 e. The van der Waals surface area contributed by atoms with Crippen molar-refractivity contribution in [2.24, 2.45) is 0 Å². The van der Waals surface area contributed by atoms with Gasteiger partial charge >= 0.3 is 0 Å². The lowest BCUT2D eigenvalue weighted by molar-refractivity contribution is -0.132. The summed E-state index contributed by atoms with van der Waals surface area (Å²) in [4.78, 5) is 18.8. The van der Waals surface area contributed by atoms with Crippen molar-refractivity contribution in [2.75, 3.05) is 6.54 Å². The largest absolute Gasteiger partial charge is 0.339 e. The summed E-state index contributed by atoms with van der Waals surface area (Å²) in [6, 6.07) is 11.0. The Morgan fingerprint density at radius 3 is 2.88 bits per heavy atom. The van der Waals surface area contributed by atoms with Gasteiger partial charge in [0.2, 0.25) is 5.91 Å². The quantitative estimate of drug-likeness (QED) is 0.785. The van der Waals surface area contributed by atoms with E-state index in [4.69, 9.17) is 0 Å². The van der Waals surface area contributed by atoms with E-state index in [1.807, 2.05) is 0 Å². The highest BCUT2D eigenvalue weighted by Gasteiger charge is 2.34. The van der Waals surface area contributed by atoms with E-state index < -0.39 is 0 Å². The van der Waals surface area contributed by atoms with Gasteiger partial charge in [-0.25, -0.2) is 4.98 Å². The molecule has 2 atom stereocenters. The number of aromatic nitrogens is 3. The number of rotatable bonds is 7. The summed E-state index contributed by atoms with van der Waals surface area (Å²) in [5.41, 5.74) is 1.35. The van der Waals surface area contributed by atoms with Gasteiger partial charge in [0.1, 0.15) is 12.7 Å². The lowest BCUT2D eigenvalue weighted by atomic mass is 9.87. The van der Waals surface area contributed by atoms with Crippen LogP contribution < -0.4 is 0 Å². The second-order valence-electron chi connectivity index (χ2n) is 6.48. The van der Waals surface area contributed by atoms with E-state index in [9.17, 15) is 4.79 Å². The monoisotopic (exact) mass is 326 g/mol. The maximum atomic E-state index is 12.7. The molecule has 1 amide bonds. The normalized spacial score (nSPS) is 18.7. The van der Waals surface area contributed by atoms with Crippen LogP contribution in [0.5, 0.6) is 0 Å². The molecule has 3 rings (SSSR count). The fraction of sp³-hybridized carbons (Fsp3) is 0.526. The number of hydrogen-bond acceptors (Lipinski definition) is 3. The van der Waals surface area contributed by atoms with Crippen molar-refractivity contribution in [3.05, 3.63) is 48.5 Å². The number of carbonyl (C=O) groups is 1. The zero-order valence-electron chi connectivity index (χ0n) is 14.3. The van der Waals surface area contributed by atoms with E-state index >= 15 is 0 Å². The number of nitrogens with zero attached hydrogens (tertiary/aromatic N) is 4.